The molecule has 1 saturated heterocycles. The third-order valence-electron chi connectivity index (χ3n) is 5.90. The second kappa shape index (κ2) is 8.87. The van der Waals surface area contributed by atoms with Gasteiger partial charge in [-0.05, 0) is 61.9 Å². The summed E-state index contributed by atoms with van der Waals surface area (Å²) in [6, 6.07) is 14.1. The highest BCUT2D eigenvalue weighted by Gasteiger charge is 2.36. The van der Waals surface area contributed by atoms with Gasteiger partial charge in [0.05, 0.1) is 10.6 Å². The number of benzene rings is 2. The summed E-state index contributed by atoms with van der Waals surface area (Å²) >= 11 is 6.42. The SMILES string of the molecule is O=C(Nc1ccc(C(=O)N2CCC[C@H]3CCCC[C@H]32)c(Cl)c1)Oc1ccccc1. The molecular weight excluding hydrogens is 388 g/mol. The smallest absolute Gasteiger partial charge is 0.410 e. The molecule has 2 fully saturated rings. The van der Waals surface area contributed by atoms with E-state index in [0.29, 0.717) is 34.0 Å². The van der Waals surface area contributed by atoms with Crippen LogP contribution in [0.3, 0.4) is 0 Å². The Balaban J connectivity index is 1.44. The number of carbonyl (C=O) groups is 2. The van der Waals surface area contributed by atoms with Crippen LogP contribution in [0.1, 0.15) is 48.9 Å². The van der Waals surface area contributed by atoms with Crippen molar-refractivity contribution in [3.8, 4) is 5.75 Å². The number of rotatable bonds is 3. The summed E-state index contributed by atoms with van der Waals surface area (Å²) in [6.07, 6.45) is 6.42. The molecule has 152 valence electrons. The predicted molar refractivity (Wildman–Crippen MR) is 114 cm³/mol. The largest absolute Gasteiger partial charge is 0.417 e. The van der Waals surface area contributed by atoms with E-state index in [1.165, 1.54) is 25.7 Å². The summed E-state index contributed by atoms with van der Waals surface area (Å²) in [4.78, 5) is 27.3. The van der Waals surface area contributed by atoms with Crippen LogP contribution in [0, 0.1) is 5.92 Å². The third-order valence-corrected chi connectivity index (χ3v) is 6.22. The zero-order valence-corrected chi connectivity index (χ0v) is 17.0. The highest BCUT2D eigenvalue weighted by molar-refractivity contribution is 6.34. The Morgan fingerprint density at radius 3 is 2.55 bits per heavy atom. The average molecular weight is 413 g/mol. The number of hydrogen-bond acceptors (Lipinski definition) is 3. The number of piperidine rings is 1. The Morgan fingerprint density at radius 2 is 1.76 bits per heavy atom. The van der Waals surface area contributed by atoms with E-state index >= 15 is 0 Å². The van der Waals surface area contributed by atoms with Crippen LogP contribution in [0.2, 0.25) is 5.02 Å². The summed E-state index contributed by atoms with van der Waals surface area (Å²) in [5.74, 6) is 1.06. The van der Waals surface area contributed by atoms with Crippen LogP contribution in [-0.4, -0.2) is 29.5 Å². The van der Waals surface area contributed by atoms with E-state index in [4.69, 9.17) is 16.3 Å². The molecule has 5 nitrogen and oxygen atoms in total. The molecule has 1 N–H and O–H groups in total. The number of amides is 2. The van der Waals surface area contributed by atoms with Gasteiger partial charge in [0.25, 0.3) is 5.91 Å². The van der Waals surface area contributed by atoms with Crippen molar-refractivity contribution in [2.45, 2.75) is 44.6 Å². The molecule has 0 bridgehead atoms. The van der Waals surface area contributed by atoms with Gasteiger partial charge in [-0.25, -0.2) is 4.79 Å². The molecule has 1 aliphatic carbocycles. The Kier molecular flexibility index (Phi) is 6.05. The standard InChI is InChI=1S/C23H25ClN2O3/c24-20-15-17(25-23(28)29-18-9-2-1-3-10-18)12-13-19(20)22(27)26-14-6-8-16-7-4-5-11-21(16)26/h1-3,9-10,12-13,15-16,21H,4-8,11,14H2,(H,25,28)/t16-,21-/m1/s1. The Hall–Kier alpha value is -2.53. The predicted octanol–water partition coefficient (Wildman–Crippen LogP) is 5.75. The van der Waals surface area contributed by atoms with Gasteiger partial charge in [-0.15, -0.1) is 0 Å². The molecular formula is C23H25ClN2O3. The Labute approximate surface area is 176 Å². The second-order valence-electron chi connectivity index (χ2n) is 7.77. The zero-order chi connectivity index (χ0) is 20.2. The minimum Gasteiger partial charge on any atom is -0.410 e. The lowest BCUT2D eigenvalue weighted by atomic mass is 9.78. The average Bonchev–Trinajstić information content (AvgIpc) is 2.73. The van der Waals surface area contributed by atoms with Crippen LogP contribution in [0.25, 0.3) is 0 Å². The minimum atomic E-state index is -0.604. The van der Waals surface area contributed by atoms with Crippen LogP contribution >= 0.6 is 11.6 Å². The van der Waals surface area contributed by atoms with Gasteiger partial charge in [0.15, 0.2) is 0 Å². The van der Waals surface area contributed by atoms with E-state index in [2.05, 4.69) is 5.32 Å². The van der Waals surface area contributed by atoms with Crippen LogP contribution in [0.5, 0.6) is 5.75 Å². The molecule has 2 amide bonds. The van der Waals surface area contributed by atoms with Crippen molar-refractivity contribution >= 4 is 29.3 Å². The fourth-order valence-corrected chi connectivity index (χ4v) is 4.80. The number of para-hydroxylation sites is 1. The van der Waals surface area contributed by atoms with Gasteiger partial charge >= 0.3 is 6.09 Å². The number of anilines is 1. The number of halogens is 1. The van der Waals surface area contributed by atoms with E-state index in [9.17, 15) is 9.59 Å². The maximum atomic E-state index is 13.2. The molecule has 0 spiro atoms. The summed E-state index contributed by atoms with van der Waals surface area (Å²) < 4.78 is 5.22. The van der Waals surface area contributed by atoms with E-state index in [1.807, 2.05) is 11.0 Å². The molecule has 2 aliphatic rings. The summed E-state index contributed by atoms with van der Waals surface area (Å²) in [5.41, 5.74) is 0.974. The van der Waals surface area contributed by atoms with E-state index in [0.717, 1.165) is 19.4 Å². The number of ether oxygens (including phenoxy) is 1. The van der Waals surface area contributed by atoms with Crippen molar-refractivity contribution in [2.24, 2.45) is 5.92 Å². The molecule has 0 radical (unpaired) electrons. The number of carbonyl (C=O) groups excluding carboxylic acids is 2. The lowest BCUT2D eigenvalue weighted by molar-refractivity contribution is 0.0391. The lowest BCUT2D eigenvalue weighted by Crippen LogP contribution is -2.49. The number of hydrogen-bond donors (Lipinski definition) is 1. The van der Waals surface area contributed by atoms with Gasteiger partial charge < -0.3 is 9.64 Å². The summed E-state index contributed by atoms with van der Waals surface area (Å²) in [5, 5.41) is 2.99. The monoisotopic (exact) mass is 412 g/mol. The molecule has 29 heavy (non-hydrogen) atoms. The number of nitrogens with zero attached hydrogens (tertiary/aromatic N) is 1. The Bertz CT molecular complexity index is 885. The molecule has 1 aliphatic heterocycles. The second-order valence-corrected chi connectivity index (χ2v) is 8.18. The molecule has 2 aromatic rings. The van der Waals surface area contributed by atoms with Gasteiger partial charge in [0, 0.05) is 18.3 Å². The van der Waals surface area contributed by atoms with E-state index in [-0.39, 0.29) is 5.91 Å². The molecule has 0 aromatic heterocycles. The van der Waals surface area contributed by atoms with Crippen molar-refractivity contribution in [3.05, 3.63) is 59.1 Å². The van der Waals surface area contributed by atoms with Crippen LogP contribution in [0.4, 0.5) is 10.5 Å². The first-order valence-electron chi connectivity index (χ1n) is 10.3. The van der Waals surface area contributed by atoms with Crippen molar-refractivity contribution < 1.29 is 14.3 Å². The topological polar surface area (TPSA) is 58.6 Å². The number of fused-ring (bicyclic) bond motifs is 1. The van der Waals surface area contributed by atoms with Crippen molar-refractivity contribution in [2.75, 3.05) is 11.9 Å². The van der Waals surface area contributed by atoms with Crippen molar-refractivity contribution in [3.63, 3.8) is 0 Å². The highest BCUT2D eigenvalue weighted by atomic mass is 35.5. The zero-order valence-electron chi connectivity index (χ0n) is 16.3. The number of nitrogens with one attached hydrogen (secondary N) is 1. The van der Waals surface area contributed by atoms with E-state index < -0.39 is 6.09 Å². The lowest BCUT2D eigenvalue weighted by Gasteiger charge is -2.44. The first kappa shape index (κ1) is 19.8. The van der Waals surface area contributed by atoms with Crippen LogP contribution < -0.4 is 10.1 Å². The highest BCUT2D eigenvalue weighted by Crippen LogP contribution is 2.36. The minimum absolute atomic E-state index is 0.00925. The third kappa shape index (κ3) is 4.56. The van der Waals surface area contributed by atoms with Gasteiger partial charge in [-0.1, -0.05) is 42.6 Å². The van der Waals surface area contributed by atoms with Gasteiger partial charge in [0.2, 0.25) is 0 Å². The molecule has 1 heterocycles. The van der Waals surface area contributed by atoms with Crippen LogP contribution in [0.15, 0.2) is 48.5 Å². The molecule has 2 atom stereocenters. The first-order valence-corrected chi connectivity index (χ1v) is 10.6. The van der Waals surface area contributed by atoms with Crippen molar-refractivity contribution in [1.29, 1.82) is 0 Å². The maximum Gasteiger partial charge on any atom is 0.417 e. The fourth-order valence-electron chi connectivity index (χ4n) is 4.54. The molecule has 4 rings (SSSR count). The van der Waals surface area contributed by atoms with E-state index in [1.54, 1.807) is 42.5 Å². The maximum absolute atomic E-state index is 13.2. The van der Waals surface area contributed by atoms with Gasteiger partial charge in [-0.3, -0.25) is 10.1 Å². The summed E-state index contributed by atoms with van der Waals surface area (Å²) in [7, 11) is 0. The first-order chi connectivity index (χ1) is 14.1. The molecule has 0 unspecified atom stereocenters. The molecule has 2 aromatic carbocycles. The summed E-state index contributed by atoms with van der Waals surface area (Å²) in [6.45, 7) is 0.791. The van der Waals surface area contributed by atoms with Crippen LogP contribution in [-0.2, 0) is 0 Å². The quantitative estimate of drug-likeness (QED) is 0.698. The molecule has 6 heteroatoms. The Morgan fingerprint density at radius 1 is 1.00 bits per heavy atom. The normalized spacial score (nSPS) is 21.2. The van der Waals surface area contributed by atoms with Crippen molar-refractivity contribution in [1.82, 2.24) is 4.90 Å². The number of likely N-dealkylation sites (tertiary alicyclic amines) is 1. The van der Waals surface area contributed by atoms with Gasteiger partial charge in [-0.2, -0.15) is 0 Å². The van der Waals surface area contributed by atoms with Gasteiger partial charge in [0.1, 0.15) is 5.75 Å². The molecule has 1 saturated carbocycles. The fraction of sp³-hybridized carbons (Fsp3) is 0.391.